The molecule has 142 valence electrons. The van der Waals surface area contributed by atoms with Gasteiger partial charge in [0.25, 0.3) is 0 Å². The van der Waals surface area contributed by atoms with Crippen molar-refractivity contribution in [1.82, 2.24) is 15.5 Å². The molecule has 0 radical (unpaired) electrons. The molecule has 1 heterocycles. The maximum atomic E-state index is 12.5. The maximum Gasteiger partial charge on any atom is 0.242 e. The normalized spacial score (nSPS) is 13.8. The molecule has 2 aromatic carbocycles. The Hall–Kier alpha value is -2.82. The van der Waals surface area contributed by atoms with Crippen LogP contribution in [-0.4, -0.2) is 43.4 Å². The molecule has 0 bridgehead atoms. The molecule has 2 N–H and O–H groups in total. The first-order valence-corrected chi connectivity index (χ1v) is 9.59. The predicted molar refractivity (Wildman–Crippen MR) is 110 cm³/mol. The van der Waals surface area contributed by atoms with E-state index in [1.807, 2.05) is 17.0 Å². The predicted octanol–water partition coefficient (Wildman–Crippen LogP) is 2.37. The summed E-state index contributed by atoms with van der Waals surface area (Å²) in [5.41, 5.74) is 3.94. The van der Waals surface area contributed by atoms with E-state index in [2.05, 4.69) is 58.1 Å². The van der Waals surface area contributed by atoms with Crippen molar-refractivity contribution in [1.29, 1.82) is 0 Å². The molecule has 5 heteroatoms. The summed E-state index contributed by atoms with van der Waals surface area (Å²) in [5, 5.41) is 6.42. The van der Waals surface area contributed by atoms with Crippen LogP contribution in [0.1, 0.15) is 23.1 Å². The first kappa shape index (κ1) is 19.0. The molecule has 0 saturated carbocycles. The van der Waals surface area contributed by atoms with Crippen LogP contribution in [0.5, 0.6) is 0 Å². The van der Waals surface area contributed by atoms with E-state index in [0.29, 0.717) is 12.5 Å². The number of nitrogens with one attached hydrogen (secondary N) is 2. The highest BCUT2D eigenvalue weighted by Crippen LogP contribution is 2.18. The van der Waals surface area contributed by atoms with E-state index < -0.39 is 0 Å². The van der Waals surface area contributed by atoms with Gasteiger partial charge in [0.15, 0.2) is 5.96 Å². The van der Waals surface area contributed by atoms with Crippen LogP contribution in [0.4, 0.5) is 0 Å². The summed E-state index contributed by atoms with van der Waals surface area (Å²) in [7, 11) is 1.73. The highest BCUT2D eigenvalue weighted by Gasteiger charge is 2.20. The number of aliphatic imine (C=N–C) groups is 1. The van der Waals surface area contributed by atoms with Gasteiger partial charge in [-0.05, 0) is 36.0 Å². The molecule has 1 amide bonds. The first-order chi connectivity index (χ1) is 13.3. The van der Waals surface area contributed by atoms with Crippen molar-refractivity contribution in [2.45, 2.75) is 25.8 Å². The molecular weight excluding hydrogens is 336 g/mol. The number of benzene rings is 2. The van der Waals surface area contributed by atoms with E-state index in [4.69, 9.17) is 0 Å². The average Bonchev–Trinajstić information content (AvgIpc) is 2.73. The van der Waals surface area contributed by atoms with Crippen LogP contribution >= 0.6 is 0 Å². The van der Waals surface area contributed by atoms with Crippen molar-refractivity contribution in [2.75, 3.05) is 26.7 Å². The summed E-state index contributed by atoms with van der Waals surface area (Å²) < 4.78 is 0. The van der Waals surface area contributed by atoms with E-state index >= 15 is 0 Å². The number of aryl methyl sites for hydroxylation is 1. The Morgan fingerprint density at radius 2 is 1.78 bits per heavy atom. The number of hydrogen-bond acceptors (Lipinski definition) is 2. The van der Waals surface area contributed by atoms with Gasteiger partial charge < -0.3 is 15.5 Å². The zero-order valence-corrected chi connectivity index (χ0v) is 15.9. The monoisotopic (exact) mass is 364 g/mol. The molecule has 2 aromatic rings. The van der Waals surface area contributed by atoms with Gasteiger partial charge in [-0.3, -0.25) is 9.79 Å². The second-order valence-electron chi connectivity index (χ2n) is 6.78. The van der Waals surface area contributed by atoms with Gasteiger partial charge in [-0.25, -0.2) is 0 Å². The fourth-order valence-corrected chi connectivity index (χ4v) is 3.34. The van der Waals surface area contributed by atoms with Crippen LogP contribution in [0.15, 0.2) is 59.6 Å². The molecule has 5 nitrogen and oxygen atoms in total. The fourth-order valence-electron chi connectivity index (χ4n) is 3.34. The van der Waals surface area contributed by atoms with Gasteiger partial charge in [-0.2, -0.15) is 0 Å². The third-order valence-corrected chi connectivity index (χ3v) is 4.89. The van der Waals surface area contributed by atoms with E-state index in [1.54, 1.807) is 7.05 Å². The Balaban J connectivity index is 1.38. The Kier molecular flexibility index (Phi) is 6.85. The van der Waals surface area contributed by atoms with Crippen molar-refractivity contribution in [3.8, 4) is 0 Å². The van der Waals surface area contributed by atoms with Gasteiger partial charge in [0.2, 0.25) is 5.91 Å². The van der Waals surface area contributed by atoms with Gasteiger partial charge >= 0.3 is 0 Å². The zero-order valence-electron chi connectivity index (χ0n) is 15.9. The van der Waals surface area contributed by atoms with Crippen molar-refractivity contribution in [3.05, 3.63) is 71.3 Å². The second-order valence-corrected chi connectivity index (χ2v) is 6.78. The summed E-state index contributed by atoms with van der Waals surface area (Å²) in [4.78, 5) is 18.6. The van der Waals surface area contributed by atoms with Crippen LogP contribution in [-0.2, 0) is 24.2 Å². The second kappa shape index (κ2) is 9.76. The quantitative estimate of drug-likeness (QED) is 0.470. The fraction of sp³-hybridized carbons (Fsp3) is 0.364. The van der Waals surface area contributed by atoms with Crippen LogP contribution in [0.25, 0.3) is 0 Å². The Bertz CT molecular complexity index is 773. The number of hydrogen-bond donors (Lipinski definition) is 2. The molecule has 0 saturated heterocycles. The number of fused-ring (bicyclic) bond motifs is 1. The van der Waals surface area contributed by atoms with Gasteiger partial charge in [-0.1, -0.05) is 54.6 Å². The minimum absolute atomic E-state index is 0.108. The van der Waals surface area contributed by atoms with Gasteiger partial charge in [0.05, 0.1) is 6.54 Å². The van der Waals surface area contributed by atoms with Crippen LogP contribution in [0, 0.1) is 0 Å². The molecule has 1 aliphatic heterocycles. The molecule has 0 aromatic heterocycles. The Morgan fingerprint density at radius 3 is 2.56 bits per heavy atom. The van der Waals surface area contributed by atoms with Crippen LogP contribution in [0.3, 0.4) is 0 Å². The molecule has 0 spiro atoms. The van der Waals surface area contributed by atoms with Gasteiger partial charge in [0, 0.05) is 26.7 Å². The largest absolute Gasteiger partial charge is 0.356 e. The minimum atomic E-state index is 0.108. The molecule has 0 aliphatic carbocycles. The lowest BCUT2D eigenvalue weighted by molar-refractivity contribution is -0.130. The molecular formula is C22H28N4O. The van der Waals surface area contributed by atoms with Crippen molar-refractivity contribution >= 4 is 11.9 Å². The lowest BCUT2D eigenvalue weighted by Gasteiger charge is -2.29. The van der Waals surface area contributed by atoms with Crippen LogP contribution in [0.2, 0.25) is 0 Å². The lowest BCUT2D eigenvalue weighted by atomic mass is 10.00. The lowest BCUT2D eigenvalue weighted by Crippen LogP contribution is -2.46. The third kappa shape index (κ3) is 5.58. The number of nitrogens with zero attached hydrogens (tertiary/aromatic N) is 2. The van der Waals surface area contributed by atoms with E-state index in [0.717, 1.165) is 32.4 Å². The van der Waals surface area contributed by atoms with E-state index in [-0.39, 0.29) is 12.5 Å². The van der Waals surface area contributed by atoms with Crippen molar-refractivity contribution in [2.24, 2.45) is 4.99 Å². The third-order valence-electron chi connectivity index (χ3n) is 4.89. The highest BCUT2D eigenvalue weighted by atomic mass is 16.2. The summed E-state index contributed by atoms with van der Waals surface area (Å²) in [6.07, 6.45) is 2.97. The summed E-state index contributed by atoms with van der Waals surface area (Å²) >= 11 is 0. The SMILES string of the molecule is CN=C(NCCCc1ccccc1)NCC(=O)N1CCc2ccccc2C1. The number of guanidine groups is 1. The van der Waals surface area contributed by atoms with Crippen molar-refractivity contribution in [3.63, 3.8) is 0 Å². The number of carbonyl (C=O) groups excluding carboxylic acids is 1. The summed E-state index contributed by atoms with van der Waals surface area (Å²) in [6.45, 7) is 2.56. The smallest absolute Gasteiger partial charge is 0.242 e. The molecule has 27 heavy (non-hydrogen) atoms. The van der Waals surface area contributed by atoms with Crippen molar-refractivity contribution < 1.29 is 4.79 Å². The van der Waals surface area contributed by atoms with E-state index in [9.17, 15) is 4.79 Å². The number of rotatable bonds is 6. The number of amides is 1. The Morgan fingerprint density at radius 1 is 1.04 bits per heavy atom. The topological polar surface area (TPSA) is 56.7 Å². The maximum absolute atomic E-state index is 12.5. The molecule has 3 rings (SSSR count). The average molecular weight is 364 g/mol. The Labute approximate surface area is 161 Å². The van der Waals surface area contributed by atoms with Gasteiger partial charge in [0.1, 0.15) is 0 Å². The molecule has 0 fully saturated rings. The zero-order chi connectivity index (χ0) is 18.9. The summed E-state index contributed by atoms with van der Waals surface area (Å²) in [5.74, 6) is 0.783. The minimum Gasteiger partial charge on any atom is -0.356 e. The molecule has 0 atom stereocenters. The molecule has 1 aliphatic rings. The summed E-state index contributed by atoms with van der Waals surface area (Å²) in [6, 6.07) is 18.8. The highest BCUT2D eigenvalue weighted by molar-refractivity contribution is 5.86. The van der Waals surface area contributed by atoms with Gasteiger partial charge in [-0.15, -0.1) is 0 Å². The standard InChI is InChI=1S/C22H28N4O/c1-23-22(24-14-7-10-18-8-3-2-4-9-18)25-16-21(27)26-15-13-19-11-5-6-12-20(19)17-26/h2-6,8-9,11-12H,7,10,13-17H2,1H3,(H2,23,24,25). The first-order valence-electron chi connectivity index (χ1n) is 9.59. The van der Waals surface area contributed by atoms with E-state index in [1.165, 1.54) is 16.7 Å². The van der Waals surface area contributed by atoms with Crippen LogP contribution < -0.4 is 10.6 Å². The number of carbonyl (C=O) groups is 1. The molecule has 0 unspecified atom stereocenters.